The third-order valence-corrected chi connectivity index (χ3v) is 6.10. The number of thiophene rings is 1. The standard InChI is InChI=1S/C24H28O3S/c1-4-26-23(25)8-6-5-7-19-12-13-20(28-19)11-9-18-10-14-22-21(17-18)24(2,3)15-16-27-22/h10,12-14,17H,4-8,15-16H2,1-3H3. The lowest BCUT2D eigenvalue weighted by atomic mass is 9.79. The van der Waals surface area contributed by atoms with Crippen LogP contribution >= 0.6 is 11.3 Å². The summed E-state index contributed by atoms with van der Waals surface area (Å²) >= 11 is 1.74. The molecular weight excluding hydrogens is 368 g/mol. The van der Waals surface area contributed by atoms with Gasteiger partial charge in [-0.25, -0.2) is 0 Å². The molecule has 2 aromatic rings. The number of esters is 1. The van der Waals surface area contributed by atoms with Crippen LogP contribution in [0.25, 0.3) is 0 Å². The lowest BCUT2D eigenvalue weighted by Crippen LogP contribution is -2.26. The molecule has 0 N–H and O–H groups in total. The molecule has 0 saturated heterocycles. The topological polar surface area (TPSA) is 35.5 Å². The number of rotatable bonds is 6. The summed E-state index contributed by atoms with van der Waals surface area (Å²) in [5.41, 5.74) is 2.41. The number of carbonyl (C=O) groups excluding carboxylic acids is 1. The Hall–Kier alpha value is -2.25. The predicted molar refractivity (Wildman–Crippen MR) is 114 cm³/mol. The fourth-order valence-electron chi connectivity index (χ4n) is 3.33. The molecule has 0 atom stereocenters. The van der Waals surface area contributed by atoms with E-state index in [1.165, 1.54) is 10.4 Å². The summed E-state index contributed by atoms with van der Waals surface area (Å²) in [7, 11) is 0. The maximum atomic E-state index is 11.4. The van der Waals surface area contributed by atoms with Crippen LogP contribution < -0.4 is 4.74 Å². The van der Waals surface area contributed by atoms with E-state index < -0.39 is 0 Å². The fourth-order valence-corrected chi connectivity index (χ4v) is 4.23. The van der Waals surface area contributed by atoms with E-state index in [1.54, 1.807) is 11.3 Å². The van der Waals surface area contributed by atoms with Crippen LogP contribution in [0.1, 0.15) is 67.3 Å². The Morgan fingerprint density at radius 1 is 1.21 bits per heavy atom. The third kappa shape index (κ3) is 5.39. The molecule has 0 fully saturated rings. The molecule has 3 nitrogen and oxygen atoms in total. The molecule has 148 valence electrons. The van der Waals surface area contributed by atoms with Crippen molar-refractivity contribution in [3.05, 3.63) is 51.2 Å². The second-order valence-electron chi connectivity index (χ2n) is 7.72. The molecule has 1 aromatic carbocycles. The summed E-state index contributed by atoms with van der Waals surface area (Å²) < 4.78 is 10.7. The van der Waals surface area contributed by atoms with Crippen LogP contribution in [0.5, 0.6) is 5.75 Å². The highest BCUT2D eigenvalue weighted by molar-refractivity contribution is 7.12. The van der Waals surface area contributed by atoms with Gasteiger partial charge in [0.05, 0.1) is 18.1 Å². The van der Waals surface area contributed by atoms with Gasteiger partial charge in [0, 0.05) is 22.4 Å². The van der Waals surface area contributed by atoms with E-state index >= 15 is 0 Å². The smallest absolute Gasteiger partial charge is 0.305 e. The lowest BCUT2D eigenvalue weighted by molar-refractivity contribution is -0.143. The molecule has 1 aromatic heterocycles. The van der Waals surface area contributed by atoms with Gasteiger partial charge in [-0.2, -0.15) is 0 Å². The first-order valence-corrected chi connectivity index (χ1v) is 10.8. The van der Waals surface area contributed by atoms with Crippen molar-refractivity contribution in [2.75, 3.05) is 13.2 Å². The van der Waals surface area contributed by atoms with Crippen LogP contribution in [0.2, 0.25) is 0 Å². The molecule has 0 unspecified atom stereocenters. The zero-order valence-electron chi connectivity index (χ0n) is 17.0. The van der Waals surface area contributed by atoms with Gasteiger partial charge in [-0.3, -0.25) is 4.79 Å². The second kappa shape index (κ2) is 9.30. The predicted octanol–water partition coefficient (Wildman–Crippen LogP) is 5.48. The number of unbranched alkanes of at least 4 members (excludes halogenated alkanes) is 1. The van der Waals surface area contributed by atoms with Crippen molar-refractivity contribution in [1.82, 2.24) is 0 Å². The van der Waals surface area contributed by atoms with Gasteiger partial charge in [0.1, 0.15) is 5.75 Å². The zero-order chi connectivity index (χ0) is 20.0. The van der Waals surface area contributed by atoms with Gasteiger partial charge in [-0.1, -0.05) is 25.7 Å². The molecule has 0 bridgehead atoms. The van der Waals surface area contributed by atoms with Gasteiger partial charge in [0.2, 0.25) is 0 Å². The van der Waals surface area contributed by atoms with Crippen molar-refractivity contribution >= 4 is 17.3 Å². The van der Waals surface area contributed by atoms with Gasteiger partial charge >= 0.3 is 5.97 Å². The average molecular weight is 397 g/mol. The summed E-state index contributed by atoms with van der Waals surface area (Å²) in [6.07, 6.45) is 4.37. The zero-order valence-corrected chi connectivity index (χ0v) is 17.8. The normalized spacial score (nSPS) is 14.4. The van der Waals surface area contributed by atoms with Crippen molar-refractivity contribution in [3.8, 4) is 17.6 Å². The Bertz CT molecular complexity index is 883. The van der Waals surface area contributed by atoms with E-state index in [9.17, 15) is 4.79 Å². The first-order valence-electron chi connectivity index (χ1n) is 10.0. The highest BCUT2D eigenvalue weighted by Gasteiger charge is 2.28. The first kappa shape index (κ1) is 20.5. The van der Waals surface area contributed by atoms with Crippen LogP contribution in [0.15, 0.2) is 30.3 Å². The molecule has 0 spiro atoms. The molecule has 0 radical (unpaired) electrons. The van der Waals surface area contributed by atoms with E-state index in [2.05, 4.69) is 43.9 Å². The van der Waals surface area contributed by atoms with Crippen molar-refractivity contribution in [2.45, 2.75) is 58.3 Å². The van der Waals surface area contributed by atoms with Crippen LogP contribution in [0.3, 0.4) is 0 Å². The second-order valence-corrected chi connectivity index (χ2v) is 8.89. The van der Waals surface area contributed by atoms with Crippen LogP contribution in [0, 0.1) is 11.8 Å². The highest BCUT2D eigenvalue weighted by atomic mass is 32.1. The quantitative estimate of drug-likeness (QED) is 0.368. The minimum absolute atomic E-state index is 0.0983. The first-order chi connectivity index (χ1) is 13.5. The maximum absolute atomic E-state index is 11.4. The minimum atomic E-state index is -0.0983. The van der Waals surface area contributed by atoms with Crippen molar-refractivity contribution < 1.29 is 14.3 Å². The largest absolute Gasteiger partial charge is 0.493 e. The third-order valence-electron chi connectivity index (χ3n) is 5.04. The molecule has 1 aliphatic heterocycles. The number of aryl methyl sites for hydroxylation is 1. The minimum Gasteiger partial charge on any atom is -0.493 e. The highest BCUT2D eigenvalue weighted by Crippen LogP contribution is 2.38. The Balaban J connectivity index is 1.58. The van der Waals surface area contributed by atoms with Gasteiger partial charge in [-0.05, 0) is 68.4 Å². The number of ether oxygens (including phenoxy) is 2. The Morgan fingerprint density at radius 3 is 2.89 bits per heavy atom. The Morgan fingerprint density at radius 2 is 2.07 bits per heavy atom. The lowest BCUT2D eigenvalue weighted by Gasteiger charge is -2.32. The Kier molecular flexibility index (Phi) is 6.80. The number of hydrogen-bond donors (Lipinski definition) is 0. The molecule has 2 heterocycles. The molecule has 3 rings (SSSR count). The van der Waals surface area contributed by atoms with Gasteiger partial charge in [0.15, 0.2) is 0 Å². The summed E-state index contributed by atoms with van der Waals surface area (Å²) in [5, 5.41) is 0. The molecule has 28 heavy (non-hydrogen) atoms. The number of hydrogen-bond acceptors (Lipinski definition) is 4. The summed E-state index contributed by atoms with van der Waals surface area (Å²) in [5.74, 6) is 7.49. The van der Waals surface area contributed by atoms with E-state index in [1.807, 2.05) is 19.1 Å². The SMILES string of the molecule is CCOC(=O)CCCCc1ccc(C#Cc2ccc3c(c2)C(C)(C)CCO3)s1. The van der Waals surface area contributed by atoms with E-state index in [4.69, 9.17) is 9.47 Å². The van der Waals surface area contributed by atoms with Crippen LogP contribution in [-0.4, -0.2) is 19.2 Å². The van der Waals surface area contributed by atoms with Gasteiger partial charge in [-0.15, -0.1) is 11.3 Å². The average Bonchev–Trinajstić information content (AvgIpc) is 3.12. The van der Waals surface area contributed by atoms with Crippen LogP contribution in [-0.2, 0) is 21.4 Å². The molecule has 0 saturated carbocycles. The number of fused-ring (bicyclic) bond motifs is 1. The molecule has 4 heteroatoms. The Labute approximate surface area is 172 Å². The fraction of sp³-hybridized carbons (Fsp3) is 0.458. The summed E-state index contributed by atoms with van der Waals surface area (Å²) in [6, 6.07) is 10.5. The van der Waals surface area contributed by atoms with E-state index in [0.29, 0.717) is 13.0 Å². The van der Waals surface area contributed by atoms with Crippen molar-refractivity contribution in [1.29, 1.82) is 0 Å². The molecule has 0 amide bonds. The van der Waals surface area contributed by atoms with Crippen LogP contribution in [0.4, 0.5) is 0 Å². The number of benzene rings is 1. The van der Waals surface area contributed by atoms with Gasteiger partial charge < -0.3 is 9.47 Å². The monoisotopic (exact) mass is 396 g/mol. The van der Waals surface area contributed by atoms with E-state index in [0.717, 1.165) is 48.5 Å². The molecule has 1 aliphatic rings. The molecule has 0 aliphatic carbocycles. The van der Waals surface area contributed by atoms with Gasteiger partial charge in [0.25, 0.3) is 0 Å². The number of carbonyl (C=O) groups is 1. The maximum Gasteiger partial charge on any atom is 0.305 e. The van der Waals surface area contributed by atoms with Crippen molar-refractivity contribution in [3.63, 3.8) is 0 Å². The molecular formula is C24H28O3S. The van der Waals surface area contributed by atoms with Crippen molar-refractivity contribution in [2.24, 2.45) is 0 Å². The van der Waals surface area contributed by atoms with E-state index in [-0.39, 0.29) is 11.4 Å². The summed E-state index contributed by atoms with van der Waals surface area (Å²) in [4.78, 5) is 13.8. The summed E-state index contributed by atoms with van der Waals surface area (Å²) in [6.45, 7) is 7.60.